The molecule has 0 unspecified atom stereocenters. The van der Waals surface area contributed by atoms with Crippen LogP contribution in [0.2, 0.25) is 0 Å². The lowest BCUT2D eigenvalue weighted by Gasteiger charge is -2.24. The minimum absolute atomic E-state index is 0.0203. The van der Waals surface area contributed by atoms with E-state index in [0.717, 1.165) is 10.6 Å². The van der Waals surface area contributed by atoms with Gasteiger partial charge in [0, 0.05) is 29.4 Å². The Labute approximate surface area is 209 Å². The average Bonchev–Trinajstić information content (AvgIpc) is 3.54. The van der Waals surface area contributed by atoms with Gasteiger partial charge in [-0.15, -0.1) is 0 Å². The Hall–Kier alpha value is -3.09. The molecule has 0 amide bonds. The molecule has 1 aliphatic heterocycles. The number of sulfonamides is 1. The van der Waals surface area contributed by atoms with E-state index in [9.17, 15) is 13.2 Å². The lowest BCUT2D eigenvalue weighted by Crippen LogP contribution is -2.34. The number of ether oxygens (including phenoxy) is 4. The molecule has 0 aliphatic carbocycles. The van der Waals surface area contributed by atoms with Gasteiger partial charge in [-0.25, -0.2) is 12.7 Å². The number of benzene rings is 2. The molecule has 0 N–H and O–H groups in total. The minimum atomic E-state index is -4.20. The average molecular weight is 517 g/mol. The smallest absolute Gasteiger partial charge is 0.269 e. The molecule has 1 fully saturated rings. The number of rotatable bonds is 11. The van der Waals surface area contributed by atoms with Crippen LogP contribution in [0.15, 0.2) is 51.9 Å². The summed E-state index contributed by atoms with van der Waals surface area (Å²) in [6.07, 6.45) is 0.00206. The van der Waals surface area contributed by atoms with Gasteiger partial charge >= 0.3 is 0 Å². The summed E-state index contributed by atoms with van der Waals surface area (Å²) >= 11 is 0. The third kappa shape index (κ3) is 5.20. The molecule has 0 spiro atoms. The Kier molecular flexibility index (Phi) is 8.17. The zero-order valence-corrected chi connectivity index (χ0v) is 21.1. The summed E-state index contributed by atoms with van der Waals surface area (Å²) in [6, 6.07) is 11.6. The Bertz CT molecular complexity index is 1320. The number of hydrogen-bond donors (Lipinski definition) is 0. The first-order valence-electron chi connectivity index (χ1n) is 11.3. The number of carbonyl (C=O) groups excluding carboxylic acids is 1. The van der Waals surface area contributed by atoms with Crippen molar-refractivity contribution in [3.8, 4) is 11.1 Å². The standard InChI is InChI=1S/C25H28N2O8S/c1-17-18(2)26-35-24(17)27(16-32-11-10-31-3)36(29,30)23-7-5-4-6-21(23)20-9-8-19(15-28)14-22(20)25-33-12-13-34-25/h4-9,14-15,25H,10-13,16H2,1-3H3. The highest BCUT2D eigenvalue weighted by Gasteiger charge is 2.33. The Morgan fingerprint density at radius 2 is 1.83 bits per heavy atom. The fourth-order valence-electron chi connectivity index (χ4n) is 3.83. The molecule has 0 saturated carbocycles. The van der Waals surface area contributed by atoms with Gasteiger partial charge in [-0.3, -0.25) is 4.79 Å². The molecule has 2 heterocycles. The van der Waals surface area contributed by atoms with E-state index in [1.165, 1.54) is 13.2 Å². The van der Waals surface area contributed by atoms with Crippen molar-refractivity contribution in [1.29, 1.82) is 0 Å². The maximum Gasteiger partial charge on any atom is 0.269 e. The largest absolute Gasteiger partial charge is 0.382 e. The topological polar surface area (TPSA) is 117 Å². The number of aldehydes is 1. The normalized spacial score (nSPS) is 14.3. The zero-order chi connectivity index (χ0) is 25.7. The number of aryl methyl sites for hydroxylation is 1. The Morgan fingerprint density at radius 3 is 2.50 bits per heavy atom. The maximum atomic E-state index is 14.1. The van der Waals surface area contributed by atoms with Crippen LogP contribution in [-0.2, 0) is 29.0 Å². The van der Waals surface area contributed by atoms with Crippen molar-refractivity contribution in [2.45, 2.75) is 25.0 Å². The lowest BCUT2D eigenvalue weighted by molar-refractivity contribution is -0.0437. The van der Waals surface area contributed by atoms with Gasteiger partial charge in [0.05, 0.1) is 37.0 Å². The zero-order valence-electron chi connectivity index (χ0n) is 20.3. The fourth-order valence-corrected chi connectivity index (χ4v) is 5.37. The van der Waals surface area contributed by atoms with E-state index in [2.05, 4.69) is 5.16 Å². The number of anilines is 1. The van der Waals surface area contributed by atoms with Gasteiger partial charge in [-0.1, -0.05) is 35.5 Å². The van der Waals surface area contributed by atoms with Crippen molar-refractivity contribution in [2.24, 2.45) is 0 Å². The van der Waals surface area contributed by atoms with Gasteiger partial charge in [-0.05, 0) is 31.5 Å². The summed E-state index contributed by atoms with van der Waals surface area (Å²) in [6.45, 7) is 4.43. The van der Waals surface area contributed by atoms with Gasteiger partial charge in [-0.2, -0.15) is 0 Å². The summed E-state index contributed by atoms with van der Waals surface area (Å²) in [4.78, 5) is 11.5. The number of nitrogens with zero attached hydrogens (tertiary/aromatic N) is 2. The highest BCUT2D eigenvalue weighted by molar-refractivity contribution is 7.93. The predicted octanol–water partition coefficient (Wildman–Crippen LogP) is 3.63. The molecule has 10 nitrogen and oxygen atoms in total. The highest BCUT2D eigenvalue weighted by atomic mass is 32.2. The van der Waals surface area contributed by atoms with Crippen molar-refractivity contribution >= 4 is 22.2 Å². The molecule has 0 bridgehead atoms. The third-order valence-electron chi connectivity index (χ3n) is 5.83. The number of methoxy groups -OCH3 is 1. The minimum Gasteiger partial charge on any atom is -0.382 e. The van der Waals surface area contributed by atoms with E-state index < -0.39 is 16.3 Å². The molecule has 2 aromatic carbocycles. The van der Waals surface area contributed by atoms with E-state index in [1.807, 2.05) is 0 Å². The van der Waals surface area contributed by atoms with Crippen LogP contribution < -0.4 is 4.31 Å². The molecular weight excluding hydrogens is 488 g/mol. The summed E-state index contributed by atoms with van der Waals surface area (Å²) in [5.74, 6) is 0.0682. The first-order valence-corrected chi connectivity index (χ1v) is 12.8. The SMILES string of the molecule is COCCOCN(c1onc(C)c1C)S(=O)(=O)c1ccccc1-c1ccc(C=O)cc1C1OCCO1. The first-order chi connectivity index (χ1) is 17.4. The molecule has 36 heavy (non-hydrogen) atoms. The second-order valence-corrected chi connectivity index (χ2v) is 9.95. The van der Waals surface area contributed by atoms with Crippen molar-refractivity contribution in [3.63, 3.8) is 0 Å². The second kappa shape index (κ2) is 11.3. The number of aromatic nitrogens is 1. The quantitative estimate of drug-likeness (QED) is 0.214. The van der Waals surface area contributed by atoms with Crippen LogP contribution in [0.25, 0.3) is 11.1 Å². The summed E-state index contributed by atoms with van der Waals surface area (Å²) in [5.41, 5.74) is 3.12. The van der Waals surface area contributed by atoms with Crippen LogP contribution in [0, 0.1) is 13.8 Å². The predicted molar refractivity (Wildman–Crippen MR) is 130 cm³/mol. The third-order valence-corrected chi connectivity index (χ3v) is 7.60. The first kappa shape index (κ1) is 26.0. The number of hydrogen-bond acceptors (Lipinski definition) is 9. The van der Waals surface area contributed by atoms with E-state index >= 15 is 0 Å². The fraction of sp³-hybridized carbons (Fsp3) is 0.360. The van der Waals surface area contributed by atoms with Gasteiger partial charge in [0.2, 0.25) is 5.88 Å². The maximum absolute atomic E-state index is 14.1. The van der Waals surface area contributed by atoms with Crippen molar-refractivity contribution < 1.29 is 36.7 Å². The molecule has 0 atom stereocenters. The summed E-state index contributed by atoms with van der Waals surface area (Å²) in [7, 11) is -2.67. The molecule has 4 rings (SSSR count). The van der Waals surface area contributed by atoms with E-state index in [1.54, 1.807) is 50.2 Å². The van der Waals surface area contributed by atoms with Crippen LogP contribution in [-0.4, -0.2) is 60.1 Å². The van der Waals surface area contributed by atoms with Crippen LogP contribution in [0.3, 0.4) is 0 Å². The Balaban J connectivity index is 1.83. The van der Waals surface area contributed by atoms with E-state index in [-0.39, 0.29) is 24.1 Å². The monoisotopic (exact) mass is 516 g/mol. The van der Waals surface area contributed by atoms with Gasteiger partial charge in [0.25, 0.3) is 10.0 Å². The van der Waals surface area contributed by atoms with Gasteiger partial charge < -0.3 is 23.5 Å². The van der Waals surface area contributed by atoms with Crippen molar-refractivity contribution in [2.75, 3.05) is 44.6 Å². The molecular formula is C25H28N2O8S. The van der Waals surface area contributed by atoms with Crippen LogP contribution in [0.4, 0.5) is 5.88 Å². The highest BCUT2D eigenvalue weighted by Crippen LogP contribution is 2.38. The van der Waals surface area contributed by atoms with Crippen LogP contribution in [0.1, 0.15) is 33.5 Å². The molecule has 1 aromatic heterocycles. The van der Waals surface area contributed by atoms with Crippen molar-refractivity contribution in [3.05, 3.63) is 64.8 Å². The Morgan fingerprint density at radius 1 is 1.08 bits per heavy atom. The van der Waals surface area contributed by atoms with Crippen LogP contribution in [0.5, 0.6) is 0 Å². The lowest BCUT2D eigenvalue weighted by atomic mass is 9.97. The molecule has 192 valence electrons. The van der Waals surface area contributed by atoms with Gasteiger partial charge in [0.15, 0.2) is 6.29 Å². The summed E-state index contributed by atoms with van der Waals surface area (Å²) in [5, 5.41) is 3.93. The number of carbonyl (C=O) groups is 1. The van der Waals surface area contributed by atoms with E-state index in [0.29, 0.717) is 53.3 Å². The molecule has 1 aliphatic rings. The molecule has 11 heteroatoms. The second-order valence-electron chi connectivity index (χ2n) is 8.12. The van der Waals surface area contributed by atoms with E-state index in [4.69, 9.17) is 23.5 Å². The molecule has 0 radical (unpaired) electrons. The molecule has 1 saturated heterocycles. The van der Waals surface area contributed by atoms with Gasteiger partial charge in [0.1, 0.15) is 13.0 Å². The van der Waals surface area contributed by atoms with Crippen LogP contribution >= 0.6 is 0 Å². The summed E-state index contributed by atoms with van der Waals surface area (Å²) < 4.78 is 56.7. The molecule has 3 aromatic rings. The van der Waals surface area contributed by atoms with Crippen molar-refractivity contribution in [1.82, 2.24) is 5.16 Å².